The Labute approximate surface area is 79.1 Å². The predicted molar refractivity (Wildman–Crippen MR) is 50.2 cm³/mol. The van der Waals surface area contributed by atoms with E-state index in [1.165, 1.54) is 6.42 Å². The fraction of sp³-hybridized carbons (Fsp3) is 0.700. The topological polar surface area (TPSA) is 29.5 Å². The lowest BCUT2D eigenvalue weighted by atomic mass is 10.1. The van der Waals surface area contributed by atoms with Crippen molar-refractivity contribution in [3.63, 3.8) is 0 Å². The van der Waals surface area contributed by atoms with Crippen molar-refractivity contribution < 1.29 is 9.53 Å². The van der Waals surface area contributed by atoms with Crippen LogP contribution in [-0.2, 0) is 4.74 Å². The van der Waals surface area contributed by atoms with Crippen LogP contribution in [0, 0.1) is 12.3 Å². The molecule has 1 fully saturated rings. The quantitative estimate of drug-likeness (QED) is 0.478. The highest BCUT2D eigenvalue weighted by molar-refractivity contribution is 5.67. The highest BCUT2D eigenvalue weighted by atomic mass is 16.6. The first-order valence-corrected chi connectivity index (χ1v) is 4.70. The lowest BCUT2D eigenvalue weighted by molar-refractivity contribution is 0.0971. The van der Waals surface area contributed by atoms with Gasteiger partial charge < -0.3 is 9.64 Å². The zero-order chi connectivity index (χ0) is 9.52. The molecule has 1 aliphatic heterocycles. The maximum atomic E-state index is 11.3. The van der Waals surface area contributed by atoms with E-state index in [-0.39, 0.29) is 6.09 Å². The zero-order valence-electron chi connectivity index (χ0n) is 7.79. The molecule has 1 rings (SSSR count). The molecule has 3 heteroatoms. The molecule has 0 atom stereocenters. The van der Waals surface area contributed by atoms with Gasteiger partial charge in [-0.05, 0) is 19.3 Å². The third-order valence-corrected chi connectivity index (χ3v) is 2.09. The summed E-state index contributed by atoms with van der Waals surface area (Å²) in [6.45, 7) is 2.00. The fourth-order valence-electron chi connectivity index (χ4n) is 1.37. The maximum absolute atomic E-state index is 11.3. The van der Waals surface area contributed by atoms with E-state index in [1.54, 1.807) is 4.90 Å². The van der Waals surface area contributed by atoms with Crippen LogP contribution in [0.1, 0.15) is 25.7 Å². The van der Waals surface area contributed by atoms with Crippen molar-refractivity contribution in [1.29, 1.82) is 0 Å². The lowest BCUT2D eigenvalue weighted by Gasteiger charge is -2.25. The smallest absolute Gasteiger partial charge is 0.409 e. The second-order valence-corrected chi connectivity index (χ2v) is 3.12. The van der Waals surface area contributed by atoms with E-state index in [9.17, 15) is 4.79 Å². The molecule has 0 aromatic rings. The third kappa shape index (κ3) is 3.37. The van der Waals surface area contributed by atoms with Gasteiger partial charge in [0.2, 0.25) is 0 Å². The minimum atomic E-state index is -0.213. The van der Waals surface area contributed by atoms with Gasteiger partial charge in [0.1, 0.15) is 6.61 Å². The average molecular weight is 181 g/mol. The van der Waals surface area contributed by atoms with E-state index in [1.807, 2.05) is 0 Å². The Morgan fingerprint density at radius 3 is 2.69 bits per heavy atom. The number of carbonyl (C=O) groups is 1. The van der Waals surface area contributed by atoms with Crippen molar-refractivity contribution in [2.75, 3.05) is 19.7 Å². The molecule has 0 bridgehead atoms. The molecule has 0 spiro atoms. The molecule has 0 aliphatic carbocycles. The minimum Gasteiger partial charge on any atom is -0.448 e. The normalized spacial score (nSPS) is 16.4. The summed E-state index contributed by atoms with van der Waals surface area (Å²) in [6, 6.07) is 0. The Kier molecular flexibility index (Phi) is 4.17. The van der Waals surface area contributed by atoms with Crippen LogP contribution in [-0.4, -0.2) is 30.7 Å². The van der Waals surface area contributed by atoms with E-state index >= 15 is 0 Å². The summed E-state index contributed by atoms with van der Waals surface area (Å²) in [4.78, 5) is 13.1. The number of carbonyl (C=O) groups excluding carboxylic acids is 1. The first-order chi connectivity index (χ1) is 6.34. The first kappa shape index (κ1) is 9.91. The van der Waals surface area contributed by atoms with Gasteiger partial charge >= 0.3 is 6.09 Å². The number of amides is 1. The van der Waals surface area contributed by atoms with E-state index in [0.717, 1.165) is 25.9 Å². The number of likely N-dealkylation sites (tertiary alicyclic amines) is 1. The molecule has 0 radical (unpaired) electrons. The zero-order valence-corrected chi connectivity index (χ0v) is 7.79. The summed E-state index contributed by atoms with van der Waals surface area (Å²) in [6.07, 6.45) is 8.72. The van der Waals surface area contributed by atoms with Crippen molar-refractivity contribution in [1.82, 2.24) is 4.90 Å². The Morgan fingerprint density at radius 1 is 1.38 bits per heavy atom. The van der Waals surface area contributed by atoms with Crippen LogP contribution in [0.3, 0.4) is 0 Å². The minimum absolute atomic E-state index is 0.213. The van der Waals surface area contributed by atoms with Crippen molar-refractivity contribution >= 4 is 6.09 Å². The molecule has 0 aromatic carbocycles. The Hall–Kier alpha value is -1.17. The maximum Gasteiger partial charge on any atom is 0.409 e. The highest BCUT2D eigenvalue weighted by Crippen LogP contribution is 2.09. The van der Waals surface area contributed by atoms with Crippen molar-refractivity contribution in [2.24, 2.45) is 0 Å². The number of ether oxygens (including phenoxy) is 1. The highest BCUT2D eigenvalue weighted by Gasteiger charge is 2.16. The summed E-state index contributed by atoms with van der Waals surface area (Å²) in [5.41, 5.74) is 0. The van der Waals surface area contributed by atoms with Gasteiger partial charge in [-0.1, -0.05) is 0 Å². The van der Waals surface area contributed by atoms with Gasteiger partial charge in [-0.2, -0.15) is 0 Å². The standard InChI is InChI=1S/C10H15NO2/c1-2-3-9-13-10(12)11-7-5-4-6-8-11/h1H,3-9H2. The van der Waals surface area contributed by atoms with E-state index in [2.05, 4.69) is 5.92 Å². The number of rotatable bonds is 2. The van der Waals surface area contributed by atoms with Crippen LogP contribution >= 0.6 is 0 Å². The molecule has 0 aromatic heterocycles. The Morgan fingerprint density at radius 2 is 2.08 bits per heavy atom. The summed E-state index contributed by atoms with van der Waals surface area (Å²) < 4.78 is 4.97. The first-order valence-electron chi connectivity index (χ1n) is 4.70. The van der Waals surface area contributed by atoms with Crippen LogP contribution in [0.25, 0.3) is 0 Å². The molecule has 0 N–H and O–H groups in total. The van der Waals surface area contributed by atoms with Gasteiger partial charge in [0.05, 0.1) is 0 Å². The molecule has 1 aliphatic rings. The van der Waals surface area contributed by atoms with Gasteiger partial charge in [-0.15, -0.1) is 12.3 Å². The number of nitrogens with zero attached hydrogens (tertiary/aromatic N) is 1. The van der Waals surface area contributed by atoms with Gasteiger partial charge in [0.25, 0.3) is 0 Å². The molecule has 1 heterocycles. The van der Waals surface area contributed by atoms with Crippen LogP contribution in [0.5, 0.6) is 0 Å². The molecule has 1 saturated heterocycles. The number of hydrogen-bond donors (Lipinski definition) is 0. The van der Waals surface area contributed by atoms with Gasteiger partial charge in [0, 0.05) is 19.5 Å². The molecule has 0 unspecified atom stereocenters. The summed E-state index contributed by atoms with van der Waals surface area (Å²) in [5.74, 6) is 2.43. The molecule has 3 nitrogen and oxygen atoms in total. The Bertz CT molecular complexity index is 201. The summed E-state index contributed by atoms with van der Waals surface area (Å²) >= 11 is 0. The van der Waals surface area contributed by atoms with Crippen LogP contribution < -0.4 is 0 Å². The van der Waals surface area contributed by atoms with Crippen molar-refractivity contribution in [3.05, 3.63) is 0 Å². The molecule has 0 saturated carbocycles. The third-order valence-electron chi connectivity index (χ3n) is 2.09. The fourth-order valence-corrected chi connectivity index (χ4v) is 1.37. The average Bonchev–Trinajstić information content (AvgIpc) is 2.19. The molecular formula is C10H15NO2. The molecule has 72 valence electrons. The summed E-state index contributed by atoms with van der Waals surface area (Å²) in [7, 11) is 0. The lowest BCUT2D eigenvalue weighted by Crippen LogP contribution is -2.36. The van der Waals surface area contributed by atoms with Gasteiger partial charge in [0.15, 0.2) is 0 Å². The second kappa shape index (κ2) is 5.47. The number of piperidine rings is 1. The van der Waals surface area contributed by atoms with Crippen LogP contribution in [0.2, 0.25) is 0 Å². The summed E-state index contributed by atoms with van der Waals surface area (Å²) in [5, 5.41) is 0. The molecule has 1 amide bonds. The number of terminal acetylenes is 1. The number of hydrogen-bond acceptors (Lipinski definition) is 2. The van der Waals surface area contributed by atoms with Crippen molar-refractivity contribution in [2.45, 2.75) is 25.7 Å². The van der Waals surface area contributed by atoms with E-state index < -0.39 is 0 Å². The molecular weight excluding hydrogens is 166 g/mol. The monoisotopic (exact) mass is 181 g/mol. The van der Waals surface area contributed by atoms with Crippen LogP contribution in [0.4, 0.5) is 4.79 Å². The second-order valence-electron chi connectivity index (χ2n) is 3.12. The Balaban J connectivity index is 2.18. The molecule has 13 heavy (non-hydrogen) atoms. The van der Waals surface area contributed by atoms with E-state index in [4.69, 9.17) is 11.2 Å². The van der Waals surface area contributed by atoms with Gasteiger partial charge in [-0.3, -0.25) is 0 Å². The largest absolute Gasteiger partial charge is 0.448 e. The predicted octanol–water partition coefficient (Wildman–Crippen LogP) is 1.63. The SMILES string of the molecule is C#CCCOC(=O)N1CCCCC1. The van der Waals surface area contributed by atoms with Crippen LogP contribution in [0.15, 0.2) is 0 Å². The van der Waals surface area contributed by atoms with Crippen molar-refractivity contribution in [3.8, 4) is 12.3 Å². The van der Waals surface area contributed by atoms with Gasteiger partial charge in [-0.25, -0.2) is 4.79 Å². The van der Waals surface area contributed by atoms with E-state index in [0.29, 0.717) is 13.0 Å².